The molecule has 0 saturated carbocycles. The number of nitrogens with zero attached hydrogens (tertiary/aromatic N) is 1. The molecule has 0 bridgehead atoms. The number of rotatable bonds is 1. The summed E-state index contributed by atoms with van der Waals surface area (Å²) in [6, 6.07) is 2.31. The van der Waals surface area contributed by atoms with Crippen molar-refractivity contribution < 1.29 is 0 Å². The highest BCUT2D eigenvalue weighted by Gasteiger charge is 2.38. The molecule has 1 aromatic heterocycles. The normalized spacial score (nSPS) is 13.4. The maximum absolute atomic E-state index is 2.47. The zero-order valence-corrected chi connectivity index (χ0v) is 11.6. The van der Waals surface area contributed by atoms with Gasteiger partial charge in [0.1, 0.15) is 0 Å². The third-order valence-electron chi connectivity index (χ3n) is 3.93. The fourth-order valence-corrected chi connectivity index (χ4v) is 4.05. The molecule has 0 radical (unpaired) electrons. The Balaban J connectivity index is 3.23. The fourth-order valence-electron chi connectivity index (χ4n) is 1.67. The summed E-state index contributed by atoms with van der Waals surface area (Å²) in [5.74, 6) is 0. The molecular formula is C12H23NSi. The molecule has 1 nitrogen and oxygen atoms in total. The van der Waals surface area contributed by atoms with Crippen molar-refractivity contribution in [1.82, 2.24) is 4.57 Å². The van der Waals surface area contributed by atoms with Gasteiger partial charge in [-0.1, -0.05) is 33.9 Å². The van der Waals surface area contributed by atoms with Crippen LogP contribution in [-0.4, -0.2) is 12.6 Å². The van der Waals surface area contributed by atoms with Gasteiger partial charge in [-0.3, -0.25) is 0 Å². The van der Waals surface area contributed by atoms with E-state index in [1.165, 1.54) is 5.69 Å². The van der Waals surface area contributed by atoms with Crippen molar-refractivity contribution >= 4 is 13.3 Å². The summed E-state index contributed by atoms with van der Waals surface area (Å²) >= 11 is 0. The van der Waals surface area contributed by atoms with Crippen molar-refractivity contribution in [3.8, 4) is 0 Å². The van der Waals surface area contributed by atoms with E-state index in [4.69, 9.17) is 0 Å². The third-order valence-corrected chi connectivity index (χ3v) is 9.56. The molecule has 0 fully saturated rings. The first-order chi connectivity index (χ1) is 6.18. The molecule has 1 rings (SSSR count). The lowest BCUT2D eigenvalue weighted by molar-refractivity contribution is 0.729. The minimum Gasteiger partial charge on any atom is -0.355 e. The van der Waals surface area contributed by atoms with Crippen LogP contribution in [0.15, 0.2) is 12.3 Å². The SMILES string of the molecule is Cc1c([Si](C)(C)C(C)(C)C)ccn1C. The van der Waals surface area contributed by atoms with Crippen molar-refractivity contribution in [2.45, 2.75) is 45.8 Å². The number of aryl methyl sites for hydroxylation is 1. The maximum Gasteiger partial charge on any atom is 0.0882 e. The van der Waals surface area contributed by atoms with Gasteiger partial charge in [0.15, 0.2) is 0 Å². The van der Waals surface area contributed by atoms with Crippen LogP contribution < -0.4 is 5.19 Å². The zero-order chi connectivity index (χ0) is 11.1. The van der Waals surface area contributed by atoms with Gasteiger partial charge in [-0.15, -0.1) is 0 Å². The van der Waals surface area contributed by atoms with Gasteiger partial charge in [-0.05, 0) is 23.2 Å². The Kier molecular flexibility index (Phi) is 2.70. The Labute approximate surface area is 89.2 Å². The van der Waals surface area contributed by atoms with Crippen LogP contribution in [0, 0.1) is 6.92 Å². The van der Waals surface area contributed by atoms with E-state index < -0.39 is 8.07 Å². The van der Waals surface area contributed by atoms with Crippen LogP contribution in [0.3, 0.4) is 0 Å². The maximum atomic E-state index is 2.47. The monoisotopic (exact) mass is 209 g/mol. The van der Waals surface area contributed by atoms with E-state index in [0.29, 0.717) is 5.04 Å². The van der Waals surface area contributed by atoms with Gasteiger partial charge in [0.25, 0.3) is 0 Å². The van der Waals surface area contributed by atoms with Crippen molar-refractivity contribution in [2.75, 3.05) is 0 Å². The van der Waals surface area contributed by atoms with Crippen LogP contribution in [-0.2, 0) is 7.05 Å². The van der Waals surface area contributed by atoms with Crippen LogP contribution >= 0.6 is 0 Å². The van der Waals surface area contributed by atoms with Crippen molar-refractivity contribution in [3.05, 3.63) is 18.0 Å². The number of aromatic nitrogens is 1. The second-order valence-electron chi connectivity index (χ2n) is 5.80. The van der Waals surface area contributed by atoms with Crippen LogP contribution in [0.1, 0.15) is 26.5 Å². The lowest BCUT2D eigenvalue weighted by atomic mass is 10.2. The quantitative estimate of drug-likeness (QED) is 0.627. The topological polar surface area (TPSA) is 4.93 Å². The second-order valence-corrected chi connectivity index (χ2v) is 11.1. The zero-order valence-electron chi connectivity index (χ0n) is 10.6. The predicted molar refractivity (Wildman–Crippen MR) is 67.0 cm³/mol. The van der Waals surface area contributed by atoms with Crippen LogP contribution in [0.5, 0.6) is 0 Å². The van der Waals surface area contributed by atoms with Crippen LogP contribution in [0.25, 0.3) is 0 Å². The van der Waals surface area contributed by atoms with Crippen LogP contribution in [0.2, 0.25) is 18.1 Å². The minimum atomic E-state index is -1.33. The van der Waals surface area contributed by atoms with E-state index in [9.17, 15) is 0 Å². The molecule has 0 aliphatic rings. The van der Waals surface area contributed by atoms with Crippen molar-refractivity contribution in [3.63, 3.8) is 0 Å². The first-order valence-electron chi connectivity index (χ1n) is 5.30. The third kappa shape index (κ3) is 1.68. The summed E-state index contributed by atoms with van der Waals surface area (Å²) in [7, 11) is 0.805. The Morgan fingerprint density at radius 3 is 2.00 bits per heavy atom. The molecule has 0 unspecified atom stereocenters. The summed E-state index contributed by atoms with van der Waals surface area (Å²) in [6.45, 7) is 14.3. The van der Waals surface area contributed by atoms with Gasteiger partial charge in [0, 0.05) is 18.9 Å². The summed E-state index contributed by atoms with van der Waals surface area (Å²) in [5, 5.41) is 2.03. The lowest BCUT2D eigenvalue weighted by Gasteiger charge is -2.37. The molecule has 0 aliphatic heterocycles. The Bertz CT molecular complexity index is 329. The molecule has 0 N–H and O–H groups in total. The van der Waals surface area contributed by atoms with E-state index in [0.717, 1.165) is 0 Å². The van der Waals surface area contributed by atoms with Crippen molar-refractivity contribution in [2.24, 2.45) is 7.05 Å². The molecule has 0 atom stereocenters. The molecule has 80 valence electrons. The molecule has 0 spiro atoms. The highest BCUT2D eigenvalue weighted by molar-refractivity contribution is 6.92. The highest BCUT2D eigenvalue weighted by Crippen LogP contribution is 2.36. The molecule has 0 aromatic carbocycles. The Morgan fingerprint density at radius 2 is 1.71 bits per heavy atom. The van der Waals surface area contributed by atoms with E-state index in [1.807, 2.05) is 0 Å². The van der Waals surface area contributed by atoms with E-state index in [1.54, 1.807) is 5.19 Å². The van der Waals surface area contributed by atoms with E-state index >= 15 is 0 Å². The van der Waals surface area contributed by atoms with Gasteiger partial charge in [-0.2, -0.15) is 0 Å². The summed E-state index contributed by atoms with van der Waals surface area (Å²) in [4.78, 5) is 0. The minimum absolute atomic E-state index is 0.430. The average Bonchev–Trinajstić information content (AvgIpc) is 2.30. The molecule has 14 heavy (non-hydrogen) atoms. The smallest absolute Gasteiger partial charge is 0.0882 e. The molecule has 2 heteroatoms. The first-order valence-corrected chi connectivity index (χ1v) is 8.30. The fraction of sp³-hybridized carbons (Fsp3) is 0.667. The number of hydrogen-bond donors (Lipinski definition) is 0. The molecule has 1 aromatic rings. The van der Waals surface area contributed by atoms with Crippen LogP contribution in [0.4, 0.5) is 0 Å². The molecule has 0 aliphatic carbocycles. The van der Waals surface area contributed by atoms with Gasteiger partial charge in [0.2, 0.25) is 0 Å². The molecule has 0 saturated heterocycles. The molecular weight excluding hydrogens is 186 g/mol. The Morgan fingerprint density at radius 1 is 1.21 bits per heavy atom. The standard InChI is InChI=1S/C12H23NSi/c1-10-11(8-9-13(10)5)14(6,7)12(2,3)4/h8-9H,1-7H3. The summed E-state index contributed by atoms with van der Waals surface area (Å²) < 4.78 is 2.23. The lowest BCUT2D eigenvalue weighted by Crippen LogP contribution is -2.50. The molecule has 0 amide bonds. The highest BCUT2D eigenvalue weighted by atomic mass is 28.3. The van der Waals surface area contributed by atoms with E-state index in [-0.39, 0.29) is 0 Å². The summed E-state index contributed by atoms with van der Waals surface area (Å²) in [5.41, 5.74) is 1.44. The van der Waals surface area contributed by atoms with E-state index in [2.05, 4.69) is 64.7 Å². The summed E-state index contributed by atoms with van der Waals surface area (Å²) in [6.07, 6.45) is 2.19. The predicted octanol–water partition coefficient (Wildman–Crippen LogP) is 3.05. The van der Waals surface area contributed by atoms with Gasteiger partial charge < -0.3 is 4.57 Å². The number of hydrogen-bond acceptors (Lipinski definition) is 0. The van der Waals surface area contributed by atoms with Gasteiger partial charge in [-0.25, -0.2) is 0 Å². The van der Waals surface area contributed by atoms with Gasteiger partial charge >= 0.3 is 0 Å². The molecule has 1 heterocycles. The Hall–Kier alpha value is -0.503. The van der Waals surface area contributed by atoms with Gasteiger partial charge in [0.05, 0.1) is 8.07 Å². The largest absolute Gasteiger partial charge is 0.355 e. The second kappa shape index (κ2) is 3.26. The van der Waals surface area contributed by atoms with Crippen molar-refractivity contribution in [1.29, 1.82) is 0 Å². The average molecular weight is 209 g/mol. The first kappa shape index (κ1) is 11.6.